The molecule has 0 atom stereocenters. The van der Waals surface area contributed by atoms with E-state index in [4.69, 9.17) is 0 Å². The lowest BCUT2D eigenvalue weighted by Crippen LogP contribution is -2.27. The van der Waals surface area contributed by atoms with E-state index in [0.717, 1.165) is 0 Å². The van der Waals surface area contributed by atoms with Gasteiger partial charge in [0.1, 0.15) is 6.61 Å². The second-order valence-corrected chi connectivity index (χ2v) is 1.74. The van der Waals surface area contributed by atoms with E-state index in [1.54, 1.807) is 0 Å². The Bertz CT molecular complexity index is 106. The zero-order valence-corrected chi connectivity index (χ0v) is 5.28. The molecule has 9 heavy (non-hydrogen) atoms. The Morgan fingerprint density at radius 3 is 2.22 bits per heavy atom. The lowest BCUT2D eigenvalue weighted by atomic mass is 10.3. The van der Waals surface area contributed by atoms with Gasteiger partial charge in [0.25, 0.3) is 0 Å². The summed E-state index contributed by atoms with van der Waals surface area (Å²) in [6, 6.07) is 0. The molecule has 0 radical (unpaired) electrons. The van der Waals surface area contributed by atoms with Crippen LogP contribution in [0.25, 0.3) is 0 Å². The first kappa shape index (κ1) is 8.49. The predicted molar refractivity (Wildman–Crippen MR) is 27.5 cm³/mol. The minimum absolute atomic E-state index is 0.524. The van der Waals surface area contributed by atoms with Gasteiger partial charge in [-0.05, 0) is 0 Å². The van der Waals surface area contributed by atoms with Crippen LogP contribution in [0.1, 0.15) is 6.92 Å². The Labute approximate surface area is 51.8 Å². The van der Waals surface area contributed by atoms with Crippen LogP contribution in [0.4, 0.5) is 8.78 Å². The summed E-state index contributed by atoms with van der Waals surface area (Å²) < 4.78 is 27.9. The van der Waals surface area contributed by atoms with Crippen LogP contribution >= 0.6 is 0 Å². The summed E-state index contributed by atoms with van der Waals surface area (Å²) in [6.45, 7) is 0.0256. The van der Waals surface area contributed by atoms with E-state index in [1.165, 1.54) is 7.11 Å². The van der Waals surface area contributed by atoms with Crippen LogP contribution < -0.4 is 0 Å². The first-order valence-corrected chi connectivity index (χ1v) is 2.38. The van der Waals surface area contributed by atoms with E-state index in [9.17, 15) is 13.6 Å². The number of hydrogen-bond acceptors (Lipinski definition) is 2. The molecule has 0 bridgehead atoms. The minimum atomic E-state index is -3.25. The molecule has 0 spiro atoms. The van der Waals surface area contributed by atoms with Crippen LogP contribution in [-0.2, 0) is 9.53 Å². The van der Waals surface area contributed by atoms with Crippen molar-refractivity contribution in [2.75, 3.05) is 13.7 Å². The van der Waals surface area contributed by atoms with Crippen LogP contribution in [0.5, 0.6) is 0 Å². The number of halogens is 2. The molecule has 0 rings (SSSR count). The van der Waals surface area contributed by atoms with Gasteiger partial charge in [-0.1, -0.05) is 0 Å². The summed E-state index contributed by atoms with van der Waals surface area (Å²) in [5.41, 5.74) is 0. The molecule has 0 fully saturated rings. The molecule has 4 heteroatoms. The van der Waals surface area contributed by atoms with Crippen molar-refractivity contribution in [2.45, 2.75) is 12.8 Å². The lowest BCUT2D eigenvalue weighted by molar-refractivity contribution is -0.144. The van der Waals surface area contributed by atoms with E-state index in [0.29, 0.717) is 6.92 Å². The summed E-state index contributed by atoms with van der Waals surface area (Å²) in [6.07, 6.45) is 0. The fourth-order valence-electron chi connectivity index (χ4n) is 0.258. The number of rotatable bonds is 3. The molecule has 0 N–H and O–H groups in total. The maximum atomic E-state index is 11.9. The average molecular weight is 138 g/mol. The Kier molecular flexibility index (Phi) is 2.70. The van der Waals surface area contributed by atoms with E-state index in [-0.39, 0.29) is 0 Å². The third kappa shape index (κ3) is 3.13. The monoisotopic (exact) mass is 138 g/mol. The van der Waals surface area contributed by atoms with Gasteiger partial charge in [0.15, 0.2) is 0 Å². The highest BCUT2D eigenvalue weighted by molar-refractivity contribution is 5.86. The van der Waals surface area contributed by atoms with Gasteiger partial charge in [-0.25, -0.2) is 0 Å². The fraction of sp³-hybridized carbons (Fsp3) is 0.800. The predicted octanol–water partition coefficient (Wildman–Crippen LogP) is 0.857. The van der Waals surface area contributed by atoms with Gasteiger partial charge in [-0.3, -0.25) is 4.79 Å². The first-order chi connectivity index (χ1) is 3.98. The van der Waals surface area contributed by atoms with Crippen molar-refractivity contribution in [3.05, 3.63) is 0 Å². The quantitative estimate of drug-likeness (QED) is 0.578. The third-order valence-electron chi connectivity index (χ3n) is 0.765. The molecule has 0 aliphatic rings. The summed E-state index contributed by atoms with van der Waals surface area (Å²) >= 11 is 0. The van der Waals surface area contributed by atoms with Crippen LogP contribution in [0.15, 0.2) is 0 Å². The normalized spacial score (nSPS) is 11.6. The maximum Gasteiger partial charge on any atom is 0.304 e. The standard InChI is InChI=1S/C5H8F2O2/c1-5(6,7)4(8)3-9-2/h3H2,1-2H3. The van der Waals surface area contributed by atoms with Crippen LogP contribution in [0, 0.1) is 0 Å². The fourth-order valence-corrected chi connectivity index (χ4v) is 0.258. The maximum absolute atomic E-state index is 11.9. The topological polar surface area (TPSA) is 26.3 Å². The van der Waals surface area contributed by atoms with E-state index in [2.05, 4.69) is 4.74 Å². The van der Waals surface area contributed by atoms with Crippen molar-refractivity contribution in [1.82, 2.24) is 0 Å². The number of carbonyl (C=O) groups is 1. The Morgan fingerprint density at radius 2 is 2.11 bits per heavy atom. The highest BCUT2D eigenvalue weighted by Gasteiger charge is 2.31. The average Bonchev–Trinajstić information content (AvgIpc) is 1.64. The zero-order valence-electron chi connectivity index (χ0n) is 5.28. The molecule has 0 saturated carbocycles. The summed E-state index contributed by atoms with van der Waals surface area (Å²) in [7, 11) is 1.20. The van der Waals surface area contributed by atoms with E-state index < -0.39 is 18.3 Å². The van der Waals surface area contributed by atoms with Crippen molar-refractivity contribution >= 4 is 5.78 Å². The van der Waals surface area contributed by atoms with Gasteiger partial charge in [0.05, 0.1) is 0 Å². The van der Waals surface area contributed by atoms with Gasteiger partial charge in [0.2, 0.25) is 5.78 Å². The largest absolute Gasteiger partial charge is 0.377 e. The molecule has 0 saturated heterocycles. The smallest absolute Gasteiger partial charge is 0.304 e. The lowest BCUT2D eigenvalue weighted by Gasteiger charge is -2.05. The molecule has 54 valence electrons. The van der Waals surface area contributed by atoms with Crippen LogP contribution in [-0.4, -0.2) is 25.4 Å². The highest BCUT2D eigenvalue weighted by atomic mass is 19.3. The van der Waals surface area contributed by atoms with Crippen molar-refractivity contribution in [3.63, 3.8) is 0 Å². The molecule has 0 heterocycles. The summed E-state index contributed by atoms with van der Waals surface area (Å²) in [5, 5.41) is 0. The summed E-state index contributed by atoms with van der Waals surface area (Å²) in [4.78, 5) is 10.2. The van der Waals surface area contributed by atoms with Crippen molar-refractivity contribution < 1.29 is 18.3 Å². The van der Waals surface area contributed by atoms with Crippen LogP contribution in [0.3, 0.4) is 0 Å². The molecule has 0 aliphatic heterocycles. The van der Waals surface area contributed by atoms with Gasteiger partial charge < -0.3 is 4.74 Å². The first-order valence-electron chi connectivity index (χ1n) is 2.38. The molecule has 0 aromatic carbocycles. The molecule has 0 aromatic heterocycles. The van der Waals surface area contributed by atoms with Gasteiger partial charge >= 0.3 is 5.92 Å². The summed E-state index contributed by atoms with van der Waals surface area (Å²) in [5.74, 6) is -4.44. The Hall–Kier alpha value is -0.510. The molecule has 0 aliphatic carbocycles. The second-order valence-electron chi connectivity index (χ2n) is 1.74. The molecule has 0 amide bonds. The Morgan fingerprint density at radius 1 is 1.67 bits per heavy atom. The van der Waals surface area contributed by atoms with E-state index in [1.807, 2.05) is 0 Å². The second kappa shape index (κ2) is 2.87. The van der Waals surface area contributed by atoms with Crippen molar-refractivity contribution in [1.29, 1.82) is 0 Å². The highest BCUT2D eigenvalue weighted by Crippen LogP contribution is 2.12. The minimum Gasteiger partial charge on any atom is -0.377 e. The van der Waals surface area contributed by atoms with Gasteiger partial charge in [-0.15, -0.1) is 0 Å². The van der Waals surface area contributed by atoms with Gasteiger partial charge in [0, 0.05) is 14.0 Å². The van der Waals surface area contributed by atoms with E-state index >= 15 is 0 Å². The number of methoxy groups -OCH3 is 1. The number of alkyl halides is 2. The van der Waals surface area contributed by atoms with Gasteiger partial charge in [-0.2, -0.15) is 8.78 Å². The Balaban J connectivity index is 3.74. The molecule has 2 nitrogen and oxygen atoms in total. The molecule has 0 unspecified atom stereocenters. The number of ketones is 1. The number of ether oxygens (including phenoxy) is 1. The number of carbonyl (C=O) groups excluding carboxylic acids is 1. The third-order valence-corrected chi connectivity index (χ3v) is 0.765. The SMILES string of the molecule is COCC(=O)C(C)(F)F. The van der Waals surface area contributed by atoms with Crippen molar-refractivity contribution in [3.8, 4) is 0 Å². The molecular formula is C5H8F2O2. The van der Waals surface area contributed by atoms with Crippen LogP contribution in [0.2, 0.25) is 0 Å². The zero-order chi connectivity index (χ0) is 7.49. The number of hydrogen-bond donors (Lipinski definition) is 0. The number of Topliss-reactive ketones (excluding diaryl/α,β-unsaturated/α-hetero) is 1. The molecular weight excluding hydrogens is 130 g/mol. The molecule has 0 aromatic rings. The van der Waals surface area contributed by atoms with Crippen molar-refractivity contribution in [2.24, 2.45) is 0 Å².